The fourth-order valence-electron chi connectivity index (χ4n) is 4.03. The third-order valence-corrected chi connectivity index (χ3v) is 7.08. The molecule has 0 bridgehead atoms. The Hall–Kier alpha value is -3.86. The first-order chi connectivity index (χ1) is 16.8. The van der Waals surface area contributed by atoms with E-state index in [1.54, 1.807) is 16.9 Å². The standard InChI is InChI=1S/C24H24FN7O2S/c1-3-16-13-27-23(28-14-16)31-10-7-17(8-11-31)22-20-6-9-26-24(32(20)15-29-22)30-18-4-5-21(19(25)12-18)35(2,33)34/h4-7,9,12-15H,3,8,10-11H2,1-2H3,(H,26,30). The van der Waals surface area contributed by atoms with E-state index in [9.17, 15) is 12.8 Å². The number of hydrogen-bond donors (Lipinski definition) is 1. The van der Waals surface area contributed by atoms with E-state index in [1.807, 2.05) is 18.5 Å². The SMILES string of the molecule is CCc1cnc(N2CC=C(c3ncn4c(Nc5ccc(S(C)(=O)=O)c(F)c5)nccc34)CC2)nc1. The Balaban J connectivity index is 1.38. The lowest BCUT2D eigenvalue weighted by Gasteiger charge is -2.26. The van der Waals surface area contributed by atoms with Crippen LogP contribution in [0.4, 0.5) is 22.0 Å². The number of imidazole rings is 1. The highest BCUT2D eigenvalue weighted by molar-refractivity contribution is 7.90. The lowest BCUT2D eigenvalue weighted by atomic mass is 10.0. The van der Waals surface area contributed by atoms with Crippen molar-refractivity contribution in [2.75, 3.05) is 29.6 Å². The third kappa shape index (κ3) is 4.59. The van der Waals surface area contributed by atoms with E-state index in [0.29, 0.717) is 18.2 Å². The topological polar surface area (TPSA) is 105 Å². The summed E-state index contributed by atoms with van der Waals surface area (Å²) in [7, 11) is -3.64. The molecule has 3 aromatic heterocycles. The Morgan fingerprint density at radius 3 is 2.57 bits per heavy atom. The molecule has 1 aliphatic heterocycles. The lowest BCUT2D eigenvalue weighted by Crippen LogP contribution is -2.29. The van der Waals surface area contributed by atoms with Crippen LogP contribution in [0.2, 0.25) is 0 Å². The van der Waals surface area contributed by atoms with Crippen LogP contribution in [-0.2, 0) is 16.3 Å². The second kappa shape index (κ2) is 9.06. The zero-order valence-corrected chi connectivity index (χ0v) is 20.1. The summed E-state index contributed by atoms with van der Waals surface area (Å²) < 4.78 is 39.5. The summed E-state index contributed by atoms with van der Waals surface area (Å²) in [5, 5.41) is 3.05. The first-order valence-electron chi connectivity index (χ1n) is 11.2. The molecule has 11 heteroatoms. The van der Waals surface area contributed by atoms with Gasteiger partial charge in [-0.1, -0.05) is 13.0 Å². The van der Waals surface area contributed by atoms with Gasteiger partial charge in [0.05, 0.1) is 11.2 Å². The number of aryl methyl sites for hydroxylation is 1. The highest BCUT2D eigenvalue weighted by Gasteiger charge is 2.20. The van der Waals surface area contributed by atoms with Crippen LogP contribution in [0.1, 0.15) is 24.6 Å². The molecule has 0 aliphatic carbocycles. The van der Waals surface area contributed by atoms with E-state index < -0.39 is 15.7 Å². The molecule has 0 unspecified atom stereocenters. The van der Waals surface area contributed by atoms with Crippen molar-refractivity contribution in [1.29, 1.82) is 0 Å². The van der Waals surface area contributed by atoms with E-state index in [0.717, 1.165) is 60.0 Å². The minimum atomic E-state index is -3.64. The number of nitrogens with zero attached hydrogens (tertiary/aromatic N) is 6. The number of sulfone groups is 1. The smallest absolute Gasteiger partial charge is 0.225 e. The Labute approximate surface area is 202 Å². The molecule has 4 heterocycles. The molecule has 4 aromatic rings. The maximum Gasteiger partial charge on any atom is 0.225 e. The van der Waals surface area contributed by atoms with E-state index in [4.69, 9.17) is 0 Å². The number of rotatable bonds is 6. The van der Waals surface area contributed by atoms with Gasteiger partial charge in [-0.2, -0.15) is 0 Å². The predicted molar refractivity (Wildman–Crippen MR) is 132 cm³/mol. The molecule has 0 spiro atoms. The largest absolute Gasteiger partial charge is 0.337 e. The number of fused-ring (bicyclic) bond motifs is 1. The monoisotopic (exact) mass is 493 g/mol. The molecule has 1 aliphatic rings. The molecule has 180 valence electrons. The zero-order chi connectivity index (χ0) is 24.6. The molecule has 9 nitrogen and oxygen atoms in total. The first kappa shape index (κ1) is 22.9. The van der Waals surface area contributed by atoms with Crippen LogP contribution >= 0.6 is 0 Å². The summed E-state index contributed by atoms with van der Waals surface area (Å²) in [6.45, 7) is 3.54. The van der Waals surface area contributed by atoms with Gasteiger partial charge in [0.1, 0.15) is 17.0 Å². The Bertz CT molecular complexity index is 1530. The molecule has 0 saturated carbocycles. The maximum atomic E-state index is 14.3. The van der Waals surface area contributed by atoms with E-state index in [2.05, 4.69) is 43.2 Å². The predicted octanol–water partition coefficient (Wildman–Crippen LogP) is 3.66. The molecular formula is C24H24FN7O2S. The summed E-state index contributed by atoms with van der Waals surface area (Å²) in [5.41, 5.74) is 4.33. The molecule has 0 fully saturated rings. The highest BCUT2D eigenvalue weighted by atomic mass is 32.2. The number of hydrogen-bond acceptors (Lipinski definition) is 8. The van der Waals surface area contributed by atoms with Gasteiger partial charge in [-0.05, 0) is 48.2 Å². The second-order valence-corrected chi connectivity index (χ2v) is 10.3. The van der Waals surface area contributed by atoms with Crippen LogP contribution in [-0.4, -0.2) is 52.1 Å². The summed E-state index contributed by atoms with van der Waals surface area (Å²) >= 11 is 0. The highest BCUT2D eigenvalue weighted by Crippen LogP contribution is 2.28. The van der Waals surface area contributed by atoms with E-state index in [-0.39, 0.29) is 4.90 Å². The van der Waals surface area contributed by atoms with Crippen LogP contribution in [0.3, 0.4) is 0 Å². The van der Waals surface area contributed by atoms with Gasteiger partial charge in [0.25, 0.3) is 0 Å². The van der Waals surface area contributed by atoms with E-state index in [1.165, 1.54) is 12.1 Å². The molecule has 5 rings (SSSR count). The van der Waals surface area contributed by atoms with Gasteiger partial charge in [-0.3, -0.25) is 4.40 Å². The van der Waals surface area contributed by atoms with Gasteiger partial charge < -0.3 is 10.2 Å². The van der Waals surface area contributed by atoms with E-state index >= 15 is 0 Å². The Kier molecular flexibility index (Phi) is 5.93. The maximum absolute atomic E-state index is 14.3. The van der Waals surface area contributed by atoms with Crippen molar-refractivity contribution in [1.82, 2.24) is 24.3 Å². The molecule has 0 radical (unpaired) electrons. The van der Waals surface area contributed by atoms with Crippen molar-refractivity contribution in [3.63, 3.8) is 0 Å². The lowest BCUT2D eigenvalue weighted by molar-refractivity contribution is 0.571. The van der Waals surface area contributed by atoms with Crippen molar-refractivity contribution >= 4 is 38.5 Å². The minimum Gasteiger partial charge on any atom is -0.337 e. The number of anilines is 3. The number of aromatic nitrogens is 5. The Morgan fingerprint density at radius 1 is 1.11 bits per heavy atom. The van der Waals surface area contributed by atoms with Crippen LogP contribution < -0.4 is 10.2 Å². The van der Waals surface area contributed by atoms with Crippen LogP contribution in [0.25, 0.3) is 11.1 Å². The molecule has 0 saturated heterocycles. The number of halogens is 1. The van der Waals surface area contributed by atoms with Crippen molar-refractivity contribution in [3.8, 4) is 0 Å². The minimum absolute atomic E-state index is 0.343. The van der Waals surface area contributed by atoms with Crippen molar-refractivity contribution in [2.45, 2.75) is 24.7 Å². The fourth-order valence-corrected chi connectivity index (χ4v) is 4.76. The first-order valence-corrected chi connectivity index (χ1v) is 13.1. The van der Waals surface area contributed by atoms with Gasteiger partial charge in [0, 0.05) is 43.6 Å². The average molecular weight is 494 g/mol. The molecule has 1 N–H and O–H groups in total. The van der Waals surface area contributed by atoms with Crippen molar-refractivity contribution in [2.24, 2.45) is 0 Å². The summed E-state index contributed by atoms with van der Waals surface area (Å²) in [6, 6.07) is 5.76. The number of benzene rings is 1. The molecule has 35 heavy (non-hydrogen) atoms. The van der Waals surface area contributed by atoms with Crippen LogP contribution in [0.15, 0.2) is 60.2 Å². The summed E-state index contributed by atoms with van der Waals surface area (Å²) in [5.74, 6) is 0.341. The second-order valence-electron chi connectivity index (χ2n) is 8.33. The van der Waals surface area contributed by atoms with Crippen molar-refractivity contribution < 1.29 is 12.8 Å². The normalized spacial score (nSPS) is 14.3. The third-order valence-electron chi connectivity index (χ3n) is 5.95. The molecule has 0 atom stereocenters. The van der Waals surface area contributed by atoms with Crippen LogP contribution in [0.5, 0.6) is 0 Å². The van der Waals surface area contributed by atoms with Gasteiger partial charge in [-0.15, -0.1) is 0 Å². The van der Waals surface area contributed by atoms with Gasteiger partial charge in [0.15, 0.2) is 9.84 Å². The Morgan fingerprint density at radius 2 is 1.91 bits per heavy atom. The van der Waals surface area contributed by atoms with Gasteiger partial charge in [0.2, 0.25) is 11.9 Å². The quantitative estimate of drug-likeness (QED) is 0.434. The average Bonchev–Trinajstić information content (AvgIpc) is 3.29. The summed E-state index contributed by atoms with van der Waals surface area (Å²) in [4.78, 5) is 19.7. The zero-order valence-electron chi connectivity index (χ0n) is 19.3. The molecule has 1 aromatic carbocycles. The van der Waals surface area contributed by atoms with Crippen LogP contribution in [0, 0.1) is 5.82 Å². The number of nitrogens with one attached hydrogen (secondary N) is 1. The fraction of sp³-hybridized carbons (Fsp3) is 0.250. The van der Waals surface area contributed by atoms with Crippen molar-refractivity contribution in [3.05, 3.63) is 72.3 Å². The molecular weight excluding hydrogens is 469 g/mol. The summed E-state index contributed by atoms with van der Waals surface area (Å²) in [6.07, 6.45) is 11.9. The molecule has 0 amide bonds. The van der Waals surface area contributed by atoms with Gasteiger partial charge in [-0.25, -0.2) is 32.7 Å². The van der Waals surface area contributed by atoms with Gasteiger partial charge >= 0.3 is 0 Å².